The molecule has 512 valence electrons. The summed E-state index contributed by atoms with van der Waals surface area (Å²) in [6.07, 6.45) is 3.28. The summed E-state index contributed by atoms with van der Waals surface area (Å²) < 4.78 is 133. The Labute approximate surface area is 565 Å². The van der Waals surface area contributed by atoms with Crippen LogP contribution in [-0.2, 0) is 56.2 Å². The highest BCUT2D eigenvalue weighted by Crippen LogP contribution is 2.68. The zero-order valence-corrected chi connectivity index (χ0v) is 56.8. The molecule has 6 aliphatic carbocycles. The standard InChI is InChI=1S/C72H92B4O20/c1-69(2)49-37-46-50-38-45(49)61-65(69)93-73(89-61)41-9-13-53-57(33-41)85-29-21-79-22-31-87-59-35-43(11-15-55(59)83-27-18-77-17-25-81-53)75-91-63-47-39-52-48(40-51(47)71(5,6)67(63)95-75)64-68(72(52,7)8)96-76(92-64)44-12-16-56-60(36-44)88-32-24-80-23-30-86-58-34-42(74-90-62(46)66(94-74)70(50,3)4)10-14-54(58)82-26-19-78-20-28-84-56/h9-16,33-36,45-52,61-68H,17-32,37-40H2,1-8H3. The van der Waals surface area contributed by atoms with Gasteiger partial charge in [0.1, 0.15) is 52.9 Å². The molecule has 19 aliphatic heterocycles. The number of benzene rings is 4. The second-order valence-electron chi connectivity index (χ2n) is 31.3. The fourth-order valence-electron chi connectivity index (χ4n) is 20.1. The van der Waals surface area contributed by atoms with Crippen LogP contribution in [0.1, 0.15) is 81.1 Å². The van der Waals surface area contributed by atoms with Crippen molar-refractivity contribution >= 4 is 50.3 Å². The summed E-state index contributed by atoms with van der Waals surface area (Å²) >= 11 is 0. The Morgan fingerprint density at radius 2 is 0.448 bits per heavy atom. The van der Waals surface area contributed by atoms with E-state index in [1.807, 2.05) is 72.8 Å². The van der Waals surface area contributed by atoms with Crippen LogP contribution < -0.4 is 59.7 Å². The second-order valence-corrected chi connectivity index (χ2v) is 31.3. The SMILES string of the molecule is CC1(C)C2CC3C4OB5OC4C(C)(C)C3CC2C2OB(OC21)c1ccc2c(c1)OCCOCCOc1cc(ccc1OCCOCCO2)B1OC2C3CC4C(CC3C(C)(C)C2O1)C1OB(OC1C4(C)C)c1ccc2c(c1)OCCOCCOc1cc5ccc1OCCOCCO2. The molecule has 6 saturated carbocycles. The third-order valence-electron chi connectivity index (χ3n) is 24.9. The van der Waals surface area contributed by atoms with E-state index in [4.69, 9.17) is 94.1 Å². The Kier molecular flexibility index (Phi) is 17.2. The number of ether oxygens (including phenoxy) is 12. The molecule has 0 radical (unpaired) electrons. The predicted octanol–water partition coefficient (Wildman–Crippen LogP) is 6.52. The van der Waals surface area contributed by atoms with Gasteiger partial charge in [0.05, 0.1) is 102 Å². The zero-order valence-electron chi connectivity index (χ0n) is 56.8. The molecule has 28 bridgehead atoms. The molecule has 4 aromatic carbocycles. The van der Waals surface area contributed by atoms with Gasteiger partial charge in [0.25, 0.3) is 0 Å². The minimum absolute atomic E-state index is 0.0767. The maximum atomic E-state index is 7.12. The Morgan fingerprint density at radius 1 is 0.250 bits per heavy atom. The molecule has 0 aromatic heterocycles. The van der Waals surface area contributed by atoms with Crippen molar-refractivity contribution in [2.24, 2.45) is 69.0 Å². The molecule has 16 atom stereocenters. The Balaban J connectivity index is 0.639. The molecule has 24 heteroatoms. The minimum atomic E-state index is -0.574. The summed E-state index contributed by atoms with van der Waals surface area (Å²) in [6, 6.07) is 23.9. The van der Waals surface area contributed by atoms with Gasteiger partial charge in [-0.05, 0) is 165 Å². The first-order chi connectivity index (χ1) is 46.6. The van der Waals surface area contributed by atoms with E-state index >= 15 is 0 Å². The first kappa shape index (κ1) is 64.4. The third kappa shape index (κ3) is 11.3. The largest absolute Gasteiger partial charge is 0.494 e. The number of hydrogen-bond acceptors (Lipinski definition) is 20. The van der Waals surface area contributed by atoms with Gasteiger partial charge in [0.2, 0.25) is 0 Å². The summed E-state index contributed by atoms with van der Waals surface area (Å²) in [5.74, 6) is 7.41. The van der Waals surface area contributed by atoms with Crippen molar-refractivity contribution in [2.75, 3.05) is 106 Å². The van der Waals surface area contributed by atoms with Crippen LogP contribution in [0.3, 0.4) is 0 Å². The van der Waals surface area contributed by atoms with Crippen molar-refractivity contribution in [1.29, 1.82) is 0 Å². The zero-order chi connectivity index (χ0) is 65.2. The molecule has 20 nitrogen and oxygen atoms in total. The molecule has 0 N–H and O–H groups in total. The fraction of sp³-hybridized carbons (Fsp3) is 0.667. The van der Waals surface area contributed by atoms with Gasteiger partial charge in [0.15, 0.2) is 46.0 Å². The van der Waals surface area contributed by atoms with Crippen molar-refractivity contribution in [1.82, 2.24) is 0 Å². The molecule has 96 heavy (non-hydrogen) atoms. The molecule has 25 aliphatic rings. The van der Waals surface area contributed by atoms with Crippen molar-refractivity contribution in [3.63, 3.8) is 0 Å². The molecule has 4 saturated heterocycles. The Hall–Kier alpha value is -4.94. The molecule has 29 rings (SSSR count). The van der Waals surface area contributed by atoms with Gasteiger partial charge in [0, 0.05) is 0 Å². The van der Waals surface area contributed by atoms with Crippen LogP contribution in [0.25, 0.3) is 0 Å². The van der Waals surface area contributed by atoms with Gasteiger partial charge < -0.3 is 94.1 Å². The van der Waals surface area contributed by atoms with E-state index in [0.29, 0.717) is 173 Å². The highest BCUT2D eigenvalue weighted by Gasteiger charge is 2.72. The van der Waals surface area contributed by atoms with E-state index in [1.54, 1.807) is 0 Å². The summed E-state index contributed by atoms with van der Waals surface area (Å²) in [5, 5.41) is 0. The molecule has 19 heterocycles. The average Bonchev–Trinajstić information content (AvgIpc) is 1.54. The van der Waals surface area contributed by atoms with Crippen LogP contribution in [-0.4, -0.2) is 183 Å². The van der Waals surface area contributed by atoms with Gasteiger partial charge >= 0.3 is 28.5 Å². The van der Waals surface area contributed by atoms with E-state index < -0.39 is 28.5 Å². The number of rotatable bonds is 0. The van der Waals surface area contributed by atoms with Gasteiger partial charge in [-0.1, -0.05) is 79.7 Å². The summed E-state index contributed by atoms with van der Waals surface area (Å²) in [5.41, 5.74) is 2.81. The molecular weight excluding hydrogens is 1230 g/mol. The third-order valence-corrected chi connectivity index (χ3v) is 24.9. The highest BCUT2D eigenvalue weighted by atomic mass is 16.7. The average molecular weight is 1320 g/mol. The van der Waals surface area contributed by atoms with Crippen molar-refractivity contribution in [3.8, 4) is 46.0 Å². The normalized spacial score (nSPS) is 36.3. The number of hydrogen-bond donors (Lipinski definition) is 0. The fourth-order valence-corrected chi connectivity index (χ4v) is 20.1. The maximum Gasteiger partial charge on any atom is 0.494 e. The lowest BCUT2D eigenvalue weighted by molar-refractivity contribution is -0.00269. The summed E-state index contributed by atoms with van der Waals surface area (Å²) in [7, 11) is -2.30. The van der Waals surface area contributed by atoms with Gasteiger partial charge in [-0.3, -0.25) is 0 Å². The first-order valence-corrected chi connectivity index (χ1v) is 35.7. The summed E-state index contributed by atoms with van der Waals surface area (Å²) in [6.45, 7) is 24.0. The van der Waals surface area contributed by atoms with Crippen molar-refractivity contribution in [3.05, 3.63) is 72.8 Å². The smallest absolute Gasteiger partial charge is 0.487 e. The van der Waals surface area contributed by atoms with Crippen LogP contribution in [0.2, 0.25) is 0 Å². The Bertz CT molecular complexity index is 3040. The lowest BCUT2D eigenvalue weighted by Crippen LogP contribution is -2.45. The van der Waals surface area contributed by atoms with E-state index in [-0.39, 0.29) is 96.9 Å². The topological polar surface area (TPSA) is 185 Å². The molecule has 4 aromatic rings. The van der Waals surface area contributed by atoms with Gasteiger partial charge in [-0.2, -0.15) is 0 Å². The minimum Gasteiger partial charge on any atom is -0.487 e. The summed E-state index contributed by atoms with van der Waals surface area (Å²) in [4.78, 5) is 0. The van der Waals surface area contributed by atoms with Crippen LogP contribution in [0, 0.1) is 69.0 Å². The van der Waals surface area contributed by atoms with Crippen LogP contribution in [0.4, 0.5) is 0 Å². The molecular formula is C72H92B4O20. The quantitative estimate of drug-likeness (QED) is 0.173. The Morgan fingerprint density at radius 3 is 0.656 bits per heavy atom. The second kappa shape index (κ2) is 25.6. The van der Waals surface area contributed by atoms with Crippen molar-refractivity contribution in [2.45, 2.75) is 130 Å². The molecule has 10 fully saturated rings. The monoisotopic (exact) mass is 1320 g/mol. The molecule has 0 amide bonds. The first-order valence-electron chi connectivity index (χ1n) is 35.7. The highest BCUT2D eigenvalue weighted by molar-refractivity contribution is 6.63. The molecule has 0 spiro atoms. The predicted molar refractivity (Wildman–Crippen MR) is 355 cm³/mol. The van der Waals surface area contributed by atoms with E-state index in [2.05, 4.69) is 55.4 Å². The van der Waals surface area contributed by atoms with Crippen LogP contribution in [0.15, 0.2) is 72.8 Å². The van der Waals surface area contributed by atoms with Gasteiger partial charge in [-0.25, -0.2) is 0 Å². The molecule has 16 unspecified atom stereocenters. The van der Waals surface area contributed by atoms with Crippen molar-refractivity contribution < 1.29 is 94.1 Å². The van der Waals surface area contributed by atoms with E-state index in [0.717, 1.165) is 47.5 Å². The lowest BCUT2D eigenvalue weighted by Gasteiger charge is -2.45. The van der Waals surface area contributed by atoms with Crippen LogP contribution in [0.5, 0.6) is 46.0 Å². The van der Waals surface area contributed by atoms with Gasteiger partial charge in [-0.15, -0.1) is 0 Å². The van der Waals surface area contributed by atoms with E-state index in [9.17, 15) is 0 Å². The van der Waals surface area contributed by atoms with E-state index in [1.165, 1.54) is 0 Å². The lowest BCUT2D eigenvalue weighted by atomic mass is 9.60. The van der Waals surface area contributed by atoms with Crippen LogP contribution >= 0.6 is 0 Å². The maximum absolute atomic E-state index is 7.12.